The van der Waals surface area contributed by atoms with Crippen molar-refractivity contribution in [3.8, 4) is 0 Å². The van der Waals surface area contributed by atoms with E-state index in [0.29, 0.717) is 6.04 Å². The largest absolute Gasteiger partial charge is 0.352 e. The van der Waals surface area contributed by atoms with E-state index in [1.807, 2.05) is 13.8 Å². The molecule has 19 heavy (non-hydrogen) atoms. The van der Waals surface area contributed by atoms with E-state index in [4.69, 9.17) is 0 Å². The molecule has 1 saturated carbocycles. The fraction of sp³-hybridized carbons (Fsp3) is 0.938. The first-order valence-corrected chi connectivity index (χ1v) is 8.14. The Kier molecular flexibility index (Phi) is 5.26. The summed E-state index contributed by atoms with van der Waals surface area (Å²) >= 11 is 0. The average molecular weight is 266 g/mol. The maximum Gasteiger partial charge on any atom is 0.222 e. The van der Waals surface area contributed by atoms with Crippen LogP contribution in [0.15, 0.2) is 0 Å². The minimum atomic E-state index is 0.101. The van der Waals surface area contributed by atoms with Crippen LogP contribution in [0.2, 0.25) is 0 Å². The second kappa shape index (κ2) is 6.74. The summed E-state index contributed by atoms with van der Waals surface area (Å²) in [6.45, 7) is 8.55. The number of rotatable bonds is 5. The highest BCUT2D eigenvalue weighted by Gasteiger charge is 2.33. The Morgan fingerprint density at radius 3 is 2.58 bits per heavy atom. The highest BCUT2D eigenvalue weighted by atomic mass is 16.1. The van der Waals surface area contributed by atoms with Gasteiger partial charge in [-0.2, -0.15) is 0 Å². The molecule has 1 saturated heterocycles. The predicted molar refractivity (Wildman–Crippen MR) is 79.0 cm³/mol. The predicted octanol–water partition coefficient (Wildman–Crippen LogP) is 2.80. The molecule has 0 aromatic rings. The summed E-state index contributed by atoms with van der Waals surface area (Å²) in [7, 11) is 0. The van der Waals surface area contributed by atoms with Gasteiger partial charge in [0, 0.05) is 31.1 Å². The molecule has 2 aliphatic rings. The molecule has 0 spiro atoms. The Labute approximate surface area is 118 Å². The van der Waals surface area contributed by atoms with Crippen LogP contribution in [0.3, 0.4) is 0 Å². The minimum Gasteiger partial charge on any atom is -0.352 e. The van der Waals surface area contributed by atoms with E-state index in [9.17, 15) is 4.79 Å². The highest BCUT2D eigenvalue weighted by molar-refractivity contribution is 5.78. The molecule has 1 heterocycles. The molecule has 3 heteroatoms. The zero-order valence-electron chi connectivity index (χ0n) is 12.8. The van der Waals surface area contributed by atoms with Gasteiger partial charge in [-0.1, -0.05) is 33.6 Å². The number of hydrogen-bond donors (Lipinski definition) is 1. The van der Waals surface area contributed by atoms with Crippen molar-refractivity contribution in [2.75, 3.05) is 13.1 Å². The van der Waals surface area contributed by atoms with Crippen LogP contribution in [0.1, 0.15) is 59.3 Å². The highest BCUT2D eigenvalue weighted by Crippen LogP contribution is 2.30. The number of amides is 1. The van der Waals surface area contributed by atoms with Crippen molar-refractivity contribution in [2.24, 2.45) is 11.8 Å². The molecule has 2 unspecified atom stereocenters. The zero-order chi connectivity index (χ0) is 13.8. The smallest absolute Gasteiger partial charge is 0.222 e. The fourth-order valence-electron chi connectivity index (χ4n) is 3.38. The van der Waals surface area contributed by atoms with Crippen molar-refractivity contribution in [1.29, 1.82) is 0 Å². The van der Waals surface area contributed by atoms with Crippen LogP contribution in [-0.4, -0.2) is 36.0 Å². The summed E-state index contributed by atoms with van der Waals surface area (Å²) in [4.78, 5) is 14.6. The topological polar surface area (TPSA) is 32.3 Å². The van der Waals surface area contributed by atoms with Gasteiger partial charge < -0.3 is 5.32 Å². The van der Waals surface area contributed by atoms with Crippen LogP contribution in [-0.2, 0) is 4.79 Å². The lowest BCUT2D eigenvalue weighted by Crippen LogP contribution is -2.55. The van der Waals surface area contributed by atoms with E-state index < -0.39 is 0 Å². The first-order valence-electron chi connectivity index (χ1n) is 8.14. The van der Waals surface area contributed by atoms with Gasteiger partial charge in [0.05, 0.1) is 0 Å². The van der Waals surface area contributed by atoms with Gasteiger partial charge in [-0.25, -0.2) is 0 Å². The van der Waals surface area contributed by atoms with Gasteiger partial charge in [0.2, 0.25) is 5.91 Å². The Morgan fingerprint density at radius 2 is 2.05 bits per heavy atom. The van der Waals surface area contributed by atoms with Crippen LogP contribution in [0.4, 0.5) is 0 Å². The monoisotopic (exact) mass is 266 g/mol. The molecule has 1 amide bonds. The lowest BCUT2D eigenvalue weighted by atomic mass is 9.85. The third kappa shape index (κ3) is 3.95. The SMILES string of the molecule is CCCC1CC(NC(=O)C(C)C)CN(C2CCC2)C1. The molecule has 3 nitrogen and oxygen atoms in total. The van der Waals surface area contributed by atoms with Crippen LogP contribution in [0.5, 0.6) is 0 Å². The normalized spacial score (nSPS) is 29.3. The number of likely N-dealkylation sites (tertiary alicyclic amines) is 1. The summed E-state index contributed by atoms with van der Waals surface area (Å²) in [5, 5.41) is 3.26. The summed E-state index contributed by atoms with van der Waals surface area (Å²) in [5.74, 6) is 1.09. The number of piperidine rings is 1. The molecular formula is C16H30N2O. The molecule has 1 aliphatic carbocycles. The molecule has 1 N–H and O–H groups in total. The Bertz CT molecular complexity index is 299. The van der Waals surface area contributed by atoms with E-state index in [0.717, 1.165) is 18.5 Å². The Balaban J connectivity index is 1.91. The van der Waals surface area contributed by atoms with Crippen LogP contribution in [0.25, 0.3) is 0 Å². The number of carbonyl (C=O) groups is 1. The number of nitrogens with zero attached hydrogens (tertiary/aromatic N) is 1. The van der Waals surface area contributed by atoms with Gasteiger partial charge >= 0.3 is 0 Å². The van der Waals surface area contributed by atoms with Crippen LogP contribution in [0, 0.1) is 11.8 Å². The average Bonchev–Trinajstić information content (AvgIpc) is 2.26. The number of hydrogen-bond acceptors (Lipinski definition) is 2. The molecule has 0 bridgehead atoms. The Morgan fingerprint density at radius 1 is 1.32 bits per heavy atom. The molecule has 1 aliphatic heterocycles. The fourth-order valence-corrected chi connectivity index (χ4v) is 3.38. The van der Waals surface area contributed by atoms with Crippen molar-refractivity contribution >= 4 is 5.91 Å². The van der Waals surface area contributed by atoms with Crippen molar-refractivity contribution in [3.05, 3.63) is 0 Å². The molecule has 2 fully saturated rings. The van der Waals surface area contributed by atoms with Gasteiger partial charge in [0.1, 0.15) is 0 Å². The lowest BCUT2D eigenvalue weighted by molar-refractivity contribution is -0.125. The van der Waals surface area contributed by atoms with E-state index in [1.165, 1.54) is 45.1 Å². The lowest BCUT2D eigenvalue weighted by Gasteiger charge is -2.45. The molecule has 110 valence electrons. The minimum absolute atomic E-state index is 0.101. The van der Waals surface area contributed by atoms with Gasteiger partial charge in [-0.05, 0) is 31.6 Å². The first-order chi connectivity index (χ1) is 9.10. The van der Waals surface area contributed by atoms with Crippen molar-refractivity contribution in [1.82, 2.24) is 10.2 Å². The van der Waals surface area contributed by atoms with Crippen molar-refractivity contribution in [3.63, 3.8) is 0 Å². The number of carbonyl (C=O) groups excluding carboxylic acids is 1. The third-order valence-corrected chi connectivity index (χ3v) is 4.72. The van der Waals surface area contributed by atoms with Crippen molar-refractivity contribution < 1.29 is 4.79 Å². The van der Waals surface area contributed by atoms with Crippen LogP contribution >= 0.6 is 0 Å². The second-order valence-corrected chi connectivity index (χ2v) is 6.79. The molecule has 0 aromatic heterocycles. The van der Waals surface area contributed by atoms with Crippen molar-refractivity contribution in [2.45, 2.75) is 71.4 Å². The number of nitrogens with one attached hydrogen (secondary N) is 1. The maximum atomic E-state index is 11.9. The molecule has 2 atom stereocenters. The van der Waals surface area contributed by atoms with E-state index in [-0.39, 0.29) is 11.8 Å². The summed E-state index contributed by atoms with van der Waals surface area (Å²) in [5.41, 5.74) is 0. The summed E-state index contributed by atoms with van der Waals surface area (Å²) in [6.07, 6.45) is 7.86. The second-order valence-electron chi connectivity index (χ2n) is 6.79. The molecule has 0 aromatic carbocycles. The first kappa shape index (κ1) is 14.8. The van der Waals surface area contributed by atoms with E-state index >= 15 is 0 Å². The molecular weight excluding hydrogens is 236 g/mol. The van der Waals surface area contributed by atoms with Crippen LogP contribution < -0.4 is 5.32 Å². The standard InChI is InChI=1S/C16H30N2O/c1-4-6-13-9-14(17-16(19)12(2)3)11-18(10-13)15-7-5-8-15/h12-15H,4-11H2,1-3H3,(H,17,19). The van der Waals surface area contributed by atoms with Gasteiger partial charge in [0.25, 0.3) is 0 Å². The van der Waals surface area contributed by atoms with E-state index in [1.54, 1.807) is 0 Å². The molecule has 2 rings (SSSR count). The third-order valence-electron chi connectivity index (χ3n) is 4.72. The van der Waals surface area contributed by atoms with Gasteiger partial charge in [-0.3, -0.25) is 9.69 Å². The van der Waals surface area contributed by atoms with Gasteiger partial charge in [0.15, 0.2) is 0 Å². The molecule has 0 radical (unpaired) electrons. The summed E-state index contributed by atoms with van der Waals surface area (Å²) < 4.78 is 0. The van der Waals surface area contributed by atoms with E-state index in [2.05, 4.69) is 17.1 Å². The van der Waals surface area contributed by atoms with Gasteiger partial charge in [-0.15, -0.1) is 0 Å². The Hall–Kier alpha value is -0.570. The zero-order valence-corrected chi connectivity index (χ0v) is 12.8. The summed E-state index contributed by atoms with van der Waals surface area (Å²) in [6, 6.07) is 1.18. The quantitative estimate of drug-likeness (QED) is 0.830. The maximum absolute atomic E-state index is 11.9.